The van der Waals surface area contributed by atoms with Gasteiger partial charge in [-0.15, -0.1) is 11.3 Å². The molecule has 4 rings (SSSR count). The molecular weight excluding hydrogens is 322 g/mol. The lowest BCUT2D eigenvalue weighted by molar-refractivity contribution is 0.102. The van der Waals surface area contributed by atoms with Gasteiger partial charge in [0, 0.05) is 11.6 Å². The summed E-state index contributed by atoms with van der Waals surface area (Å²) in [6.07, 6.45) is 1.60. The summed E-state index contributed by atoms with van der Waals surface area (Å²) in [6, 6.07) is 7.55. The summed E-state index contributed by atoms with van der Waals surface area (Å²) in [4.78, 5) is 27.8. The first-order valence-corrected chi connectivity index (χ1v) is 7.62. The van der Waals surface area contributed by atoms with Crippen molar-refractivity contribution in [3.63, 3.8) is 0 Å². The van der Waals surface area contributed by atoms with Gasteiger partial charge in [-0.2, -0.15) is 0 Å². The van der Waals surface area contributed by atoms with Crippen molar-refractivity contribution in [2.24, 2.45) is 0 Å². The van der Waals surface area contributed by atoms with Crippen molar-refractivity contribution in [2.75, 3.05) is 5.32 Å². The number of fused-ring (bicyclic) bond motifs is 2. The van der Waals surface area contributed by atoms with Crippen LogP contribution in [0.1, 0.15) is 10.4 Å². The van der Waals surface area contributed by atoms with E-state index in [0.717, 1.165) is 15.7 Å². The Labute approximate surface area is 133 Å². The Morgan fingerprint density at radius 2 is 2.14 bits per heavy atom. The van der Waals surface area contributed by atoms with Crippen molar-refractivity contribution in [1.82, 2.24) is 19.9 Å². The van der Waals surface area contributed by atoms with Crippen LogP contribution in [-0.2, 0) is 0 Å². The van der Waals surface area contributed by atoms with Gasteiger partial charge >= 0.3 is 0 Å². The summed E-state index contributed by atoms with van der Waals surface area (Å²) in [6.45, 7) is 0. The largest absolute Gasteiger partial charge is 0.324 e. The van der Waals surface area contributed by atoms with E-state index in [2.05, 4.69) is 25.3 Å². The van der Waals surface area contributed by atoms with E-state index in [1.165, 1.54) is 11.3 Å². The summed E-state index contributed by atoms with van der Waals surface area (Å²) in [5.74, 6) is 0.103. The van der Waals surface area contributed by atoms with E-state index in [-0.39, 0.29) is 11.2 Å². The number of amides is 1. The average Bonchev–Trinajstić information content (AvgIpc) is 3.09. The Morgan fingerprint density at radius 1 is 1.27 bits per heavy atom. The topological polar surface area (TPSA) is 83.6 Å². The smallest absolute Gasteiger partial charge is 0.261 e. The Hall–Kier alpha value is -2.51. The second-order valence-corrected chi connectivity index (χ2v) is 5.81. The molecule has 0 aliphatic carbocycles. The van der Waals surface area contributed by atoms with Gasteiger partial charge in [0.15, 0.2) is 0 Å². The zero-order valence-electron chi connectivity index (χ0n) is 11.0. The minimum Gasteiger partial charge on any atom is -0.324 e. The van der Waals surface area contributed by atoms with Gasteiger partial charge in [-0.3, -0.25) is 10.1 Å². The van der Waals surface area contributed by atoms with Gasteiger partial charge in [0.1, 0.15) is 0 Å². The lowest BCUT2D eigenvalue weighted by atomic mass is 10.3. The predicted octanol–water partition coefficient (Wildman–Crippen LogP) is 3.47. The van der Waals surface area contributed by atoms with Gasteiger partial charge < -0.3 is 4.98 Å². The number of anilines is 1. The third kappa shape index (κ3) is 2.20. The monoisotopic (exact) mass is 329 g/mol. The molecule has 108 valence electrons. The summed E-state index contributed by atoms with van der Waals surface area (Å²) in [7, 11) is 0. The van der Waals surface area contributed by atoms with Crippen molar-refractivity contribution < 1.29 is 4.79 Å². The maximum absolute atomic E-state index is 12.4. The first-order valence-electron chi connectivity index (χ1n) is 6.36. The second kappa shape index (κ2) is 5.04. The van der Waals surface area contributed by atoms with E-state index in [1.807, 2.05) is 24.3 Å². The minimum atomic E-state index is -0.292. The Morgan fingerprint density at radius 3 is 3.00 bits per heavy atom. The number of imidazole rings is 1. The number of aromatic amines is 1. The van der Waals surface area contributed by atoms with Gasteiger partial charge in [0.2, 0.25) is 11.2 Å². The molecule has 22 heavy (non-hydrogen) atoms. The summed E-state index contributed by atoms with van der Waals surface area (Å²) in [5, 5.41) is 4.59. The van der Waals surface area contributed by atoms with E-state index in [9.17, 15) is 4.79 Å². The molecule has 0 saturated carbocycles. The van der Waals surface area contributed by atoms with Crippen LogP contribution < -0.4 is 5.32 Å². The highest BCUT2D eigenvalue weighted by Gasteiger charge is 2.16. The van der Waals surface area contributed by atoms with Crippen molar-refractivity contribution in [2.45, 2.75) is 0 Å². The molecule has 3 aromatic heterocycles. The molecular formula is C14H8ClN5OS. The number of H-pyrrole nitrogens is 1. The lowest BCUT2D eigenvalue weighted by Gasteiger charge is -2.00. The van der Waals surface area contributed by atoms with E-state index in [1.54, 1.807) is 11.6 Å². The van der Waals surface area contributed by atoms with Gasteiger partial charge in [0.25, 0.3) is 5.91 Å². The number of nitrogens with one attached hydrogen (secondary N) is 2. The number of nitrogens with zero attached hydrogens (tertiary/aromatic N) is 3. The molecule has 2 N–H and O–H groups in total. The lowest BCUT2D eigenvalue weighted by Crippen LogP contribution is -2.12. The molecule has 0 saturated heterocycles. The molecule has 0 unspecified atom stereocenters. The molecule has 1 amide bonds. The van der Waals surface area contributed by atoms with Crippen LogP contribution in [0.5, 0.6) is 0 Å². The van der Waals surface area contributed by atoms with E-state index < -0.39 is 0 Å². The van der Waals surface area contributed by atoms with E-state index in [4.69, 9.17) is 11.6 Å². The molecule has 6 nitrogen and oxygen atoms in total. The van der Waals surface area contributed by atoms with Crippen LogP contribution in [0.4, 0.5) is 5.95 Å². The maximum atomic E-state index is 12.4. The van der Waals surface area contributed by atoms with Crippen LogP contribution in [0.25, 0.3) is 21.3 Å². The molecule has 0 atom stereocenters. The first-order chi connectivity index (χ1) is 10.7. The molecule has 0 aliphatic heterocycles. The Bertz CT molecular complexity index is 976. The molecule has 0 spiro atoms. The number of carbonyl (C=O) groups is 1. The van der Waals surface area contributed by atoms with Crippen molar-refractivity contribution in [1.29, 1.82) is 0 Å². The van der Waals surface area contributed by atoms with Crippen molar-refractivity contribution >= 4 is 56.0 Å². The number of aromatic nitrogens is 4. The fourth-order valence-corrected chi connectivity index (χ4v) is 3.13. The van der Waals surface area contributed by atoms with Crippen LogP contribution >= 0.6 is 22.9 Å². The van der Waals surface area contributed by atoms with Gasteiger partial charge in [-0.25, -0.2) is 15.0 Å². The SMILES string of the molecule is O=C(Nc1nc2ccccc2[nH]1)c1csc2cnc(Cl)nc12. The van der Waals surface area contributed by atoms with Crippen LogP contribution in [0.15, 0.2) is 35.8 Å². The van der Waals surface area contributed by atoms with Gasteiger partial charge in [-0.05, 0) is 23.7 Å². The third-order valence-corrected chi connectivity index (χ3v) is 4.24. The second-order valence-electron chi connectivity index (χ2n) is 4.56. The van der Waals surface area contributed by atoms with Crippen LogP contribution in [0, 0.1) is 0 Å². The fraction of sp³-hybridized carbons (Fsp3) is 0. The normalized spacial score (nSPS) is 11.1. The molecule has 0 aliphatic rings. The fourth-order valence-electron chi connectivity index (χ4n) is 2.15. The maximum Gasteiger partial charge on any atom is 0.261 e. The van der Waals surface area contributed by atoms with Gasteiger partial charge in [-0.1, -0.05) is 12.1 Å². The number of para-hydroxylation sites is 2. The first kappa shape index (κ1) is 13.2. The number of carbonyl (C=O) groups excluding carboxylic acids is 1. The number of rotatable bonds is 2. The minimum absolute atomic E-state index is 0.115. The van der Waals surface area contributed by atoms with Gasteiger partial charge in [0.05, 0.1) is 26.8 Å². The molecule has 1 aromatic carbocycles. The average molecular weight is 330 g/mol. The molecule has 0 radical (unpaired) electrons. The van der Waals surface area contributed by atoms with Crippen LogP contribution in [0.3, 0.4) is 0 Å². The number of thiophene rings is 1. The zero-order chi connectivity index (χ0) is 15.1. The van der Waals surface area contributed by atoms with Crippen LogP contribution in [-0.4, -0.2) is 25.8 Å². The summed E-state index contributed by atoms with van der Waals surface area (Å²) in [5.41, 5.74) is 2.64. The van der Waals surface area contributed by atoms with E-state index in [0.29, 0.717) is 17.0 Å². The molecule has 0 fully saturated rings. The predicted molar refractivity (Wildman–Crippen MR) is 86.5 cm³/mol. The standard InChI is InChI=1S/C14H8ClN5OS/c15-13-16-5-10-11(19-13)7(6-22-10)12(21)20-14-17-8-3-1-2-4-9(8)18-14/h1-6H,(H2,17,18,20,21). The summed E-state index contributed by atoms with van der Waals surface area (Å²) >= 11 is 7.19. The quantitative estimate of drug-likeness (QED) is 0.551. The highest BCUT2D eigenvalue weighted by Crippen LogP contribution is 2.25. The molecule has 3 heterocycles. The van der Waals surface area contributed by atoms with E-state index >= 15 is 0 Å². The Balaban J connectivity index is 1.69. The zero-order valence-corrected chi connectivity index (χ0v) is 12.6. The number of hydrogen-bond donors (Lipinski definition) is 2. The molecule has 0 bridgehead atoms. The highest BCUT2D eigenvalue weighted by molar-refractivity contribution is 7.17. The van der Waals surface area contributed by atoms with Crippen molar-refractivity contribution in [3.05, 3.63) is 46.7 Å². The highest BCUT2D eigenvalue weighted by atomic mass is 35.5. The number of benzene rings is 1. The van der Waals surface area contributed by atoms with Crippen molar-refractivity contribution in [3.8, 4) is 0 Å². The summed E-state index contributed by atoms with van der Waals surface area (Å²) < 4.78 is 0.805. The van der Waals surface area contributed by atoms with Crippen LogP contribution in [0.2, 0.25) is 5.28 Å². The molecule has 4 aromatic rings. The third-order valence-electron chi connectivity index (χ3n) is 3.15. The Kier molecular flexibility index (Phi) is 3.02. The molecule has 8 heteroatoms. The number of hydrogen-bond acceptors (Lipinski definition) is 5. The number of halogens is 1.